The van der Waals surface area contributed by atoms with E-state index in [9.17, 15) is 14.0 Å². The molecule has 1 N–H and O–H groups in total. The van der Waals surface area contributed by atoms with Crippen LogP contribution in [0.1, 0.15) is 16.7 Å². The average Bonchev–Trinajstić information content (AvgIpc) is 2.84. The normalized spacial score (nSPS) is 11.6. The van der Waals surface area contributed by atoms with E-state index >= 15 is 0 Å². The van der Waals surface area contributed by atoms with E-state index in [0.717, 1.165) is 5.56 Å². The van der Waals surface area contributed by atoms with Crippen molar-refractivity contribution in [1.82, 2.24) is 10.2 Å². The largest absolute Gasteiger partial charge is 0.357 e. The van der Waals surface area contributed by atoms with Crippen molar-refractivity contribution in [2.45, 2.75) is 24.8 Å². The lowest BCUT2D eigenvalue weighted by atomic mass is 10.0. The number of rotatable bonds is 10. The second-order valence-corrected chi connectivity index (χ2v) is 9.43. The molecular formula is C26H25Cl2FN2O2S. The molecule has 0 bridgehead atoms. The Balaban J connectivity index is 1.87. The number of nitrogens with one attached hydrogen (secondary N) is 1. The number of nitrogens with zero attached hydrogens (tertiary/aromatic N) is 1. The molecule has 4 nitrogen and oxygen atoms in total. The van der Waals surface area contributed by atoms with Crippen LogP contribution >= 0.6 is 35.0 Å². The van der Waals surface area contributed by atoms with Crippen LogP contribution in [0, 0.1) is 5.82 Å². The predicted molar refractivity (Wildman–Crippen MR) is 138 cm³/mol. The topological polar surface area (TPSA) is 49.4 Å². The van der Waals surface area contributed by atoms with Gasteiger partial charge in [0.15, 0.2) is 0 Å². The first-order valence-electron chi connectivity index (χ1n) is 10.7. The summed E-state index contributed by atoms with van der Waals surface area (Å²) in [7, 11) is 1.54. The maximum absolute atomic E-state index is 14.0. The third-order valence-electron chi connectivity index (χ3n) is 5.35. The van der Waals surface area contributed by atoms with Crippen molar-refractivity contribution in [2.75, 3.05) is 12.8 Å². The van der Waals surface area contributed by atoms with Gasteiger partial charge >= 0.3 is 0 Å². The van der Waals surface area contributed by atoms with Crippen LogP contribution < -0.4 is 5.32 Å². The maximum Gasteiger partial charge on any atom is 0.242 e. The zero-order valence-electron chi connectivity index (χ0n) is 18.6. The summed E-state index contributed by atoms with van der Waals surface area (Å²) < 4.78 is 14.0. The molecule has 3 aromatic rings. The smallest absolute Gasteiger partial charge is 0.242 e. The maximum atomic E-state index is 14.0. The monoisotopic (exact) mass is 518 g/mol. The van der Waals surface area contributed by atoms with Crippen molar-refractivity contribution < 1.29 is 14.0 Å². The number of likely N-dealkylation sites (N-methyl/N-ethyl adjacent to an activating group) is 1. The summed E-state index contributed by atoms with van der Waals surface area (Å²) in [6, 6.07) is 20.3. The van der Waals surface area contributed by atoms with E-state index in [4.69, 9.17) is 23.2 Å². The third-order valence-corrected chi connectivity index (χ3v) is 7.02. The lowest BCUT2D eigenvalue weighted by molar-refractivity contribution is -0.139. The van der Waals surface area contributed by atoms with Gasteiger partial charge < -0.3 is 10.2 Å². The molecule has 3 rings (SSSR count). The Kier molecular flexibility index (Phi) is 9.81. The summed E-state index contributed by atoms with van der Waals surface area (Å²) in [6.45, 7) is 0.0719. The summed E-state index contributed by atoms with van der Waals surface area (Å²) in [4.78, 5) is 27.9. The molecule has 34 heavy (non-hydrogen) atoms. The summed E-state index contributed by atoms with van der Waals surface area (Å²) in [6.07, 6.45) is 0.326. The number of benzene rings is 3. The van der Waals surface area contributed by atoms with E-state index in [1.807, 2.05) is 30.3 Å². The van der Waals surface area contributed by atoms with E-state index in [2.05, 4.69) is 5.32 Å². The minimum absolute atomic E-state index is 0.0681. The second kappa shape index (κ2) is 12.8. The van der Waals surface area contributed by atoms with Gasteiger partial charge in [0.2, 0.25) is 11.8 Å². The van der Waals surface area contributed by atoms with Gasteiger partial charge in [0.05, 0.1) is 5.75 Å². The van der Waals surface area contributed by atoms with Crippen LogP contribution in [0.15, 0.2) is 72.8 Å². The Morgan fingerprint density at radius 3 is 2.26 bits per heavy atom. The summed E-state index contributed by atoms with van der Waals surface area (Å²) in [5.74, 6) is -0.461. The fourth-order valence-electron chi connectivity index (χ4n) is 3.52. The quantitative estimate of drug-likeness (QED) is 0.371. The summed E-state index contributed by atoms with van der Waals surface area (Å²) in [5, 5.41) is 3.50. The van der Waals surface area contributed by atoms with Gasteiger partial charge in [-0.1, -0.05) is 77.8 Å². The molecule has 0 aliphatic carbocycles. The van der Waals surface area contributed by atoms with Gasteiger partial charge in [-0.3, -0.25) is 9.59 Å². The fraction of sp³-hybridized carbons (Fsp3) is 0.231. The molecule has 0 spiro atoms. The van der Waals surface area contributed by atoms with E-state index in [-0.39, 0.29) is 29.9 Å². The molecule has 3 aromatic carbocycles. The molecule has 178 valence electrons. The molecule has 0 radical (unpaired) electrons. The van der Waals surface area contributed by atoms with Gasteiger partial charge in [-0.05, 0) is 29.3 Å². The number of hydrogen-bond donors (Lipinski definition) is 1. The molecule has 0 aromatic heterocycles. The van der Waals surface area contributed by atoms with Gasteiger partial charge in [-0.15, -0.1) is 11.8 Å². The predicted octanol–water partition coefficient (Wildman–Crippen LogP) is 5.75. The Bertz CT molecular complexity index is 1110. The second-order valence-electron chi connectivity index (χ2n) is 7.63. The third kappa shape index (κ3) is 6.98. The highest BCUT2D eigenvalue weighted by molar-refractivity contribution is 7.99. The lowest BCUT2D eigenvalue weighted by Gasteiger charge is -2.31. The Morgan fingerprint density at radius 2 is 1.62 bits per heavy atom. The van der Waals surface area contributed by atoms with Crippen molar-refractivity contribution in [3.63, 3.8) is 0 Å². The first kappa shape index (κ1) is 26.1. The minimum atomic E-state index is -0.777. The molecular weight excluding hydrogens is 494 g/mol. The molecule has 0 saturated heterocycles. The minimum Gasteiger partial charge on any atom is -0.357 e. The molecule has 0 aliphatic heterocycles. The zero-order valence-corrected chi connectivity index (χ0v) is 21.0. The number of amides is 2. The average molecular weight is 519 g/mol. The Labute approximate surface area is 213 Å². The van der Waals surface area contributed by atoms with Gasteiger partial charge in [-0.2, -0.15) is 0 Å². The molecule has 8 heteroatoms. The molecule has 0 heterocycles. The number of thioether (sulfide) groups is 1. The zero-order chi connectivity index (χ0) is 24.5. The van der Waals surface area contributed by atoms with Crippen molar-refractivity contribution >= 4 is 46.8 Å². The van der Waals surface area contributed by atoms with Crippen LogP contribution in [0.4, 0.5) is 4.39 Å². The lowest BCUT2D eigenvalue weighted by Crippen LogP contribution is -2.50. The molecule has 0 saturated carbocycles. The van der Waals surface area contributed by atoms with E-state index in [1.165, 1.54) is 22.7 Å². The molecule has 0 fully saturated rings. The number of halogens is 3. The van der Waals surface area contributed by atoms with Crippen LogP contribution in [0.3, 0.4) is 0 Å². The van der Waals surface area contributed by atoms with Crippen molar-refractivity contribution in [2.24, 2.45) is 0 Å². The van der Waals surface area contributed by atoms with Crippen LogP contribution in [0.25, 0.3) is 0 Å². The SMILES string of the molecule is CNC(=O)[C@@H](Cc1ccccc1)N(Cc1c(Cl)cccc1Cl)C(=O)CSCc1ccccc1F. The standard InChI is InChI=1S/C26H25Cl2FN2O2S/c1-30-26(33)24(14-18-8-3-2-4-9-18)31(15-20-21(27)11-7-12-22(20)28)25(32)17-34-16-19-10-5-6-13-23(19)29/h2-13,24H,14-17H2,1H3,(H,30,33)/t24-/m1/s1. The Morgan fingerprint density at radius 1 is 0.971 bits per heavy atom. The first-order chi connectivity index (χ1) is 16.4. The van der Waals surface area contributed by atoms with Crippen molar-refractivity contribution in [1.29, 1.82) is 0 Å². The summed E-state index contributed by atoms with van der Waals surface area (Å²) >= 11 is 14.1. The van der Waals surface area contributed by atoms with Gasteiger partial charge in [0.25, 0.3) is 0 Å². The van der Waals surface area contributed by atoms with Crippen molar-refractivity contribution in [3.8, 4) is 0 Å². The van der Waals surface area contributed by atoms with Gasteiger partial charge in [0.1, 0.15) is 11.9 Å². The van der Waals surface area contributed by atoms with Crippen LogP contribution in [0.5, 0.6) is 0 Å². The van der Waals surface area contributed by atoms with Gasteiger partial charge in [-0.25, -0.2) is 4.39 Å². The highest BCUT2D eigenvalue weighted by atomic mass is 35.5. The van der Waals surface area contributed by atoms with Gasteiger partial charge in [0, 0.05) is 41.4 Å². The van der Waals surface area contributed by atoms with Crippen LogP contribution in [-0.4, -0.2) is 35.6 Å². The van der Waals surface area contributed by atoms with E-state index in [0.29, 0.717) is 33.3 Å². The molecule has 0 unspecified atom stereocenters. The van der Waals surface area contributed by atoms with Crippen LogP contribution in [0.2, 0.25) is 10.0 Å². The highest BCUT2D eigenvalue weighted by Gasteiger charge is 2.30. The first-order valence-corrected chi connectivity index (χ1v) is 12.6. The molecule has 2 amide bonds. The van der Waals surface area contributed by atoms with Crippen LogP contribution in [-0.2, 0) is 28.3 Å². The Hall–Kier alpha value is -2.54. The number of carbonyl (C=O) groups is 2. The highest BCUT2D eigenvalue weighted by Crippen LogP contribution is 2.28. The number of carbonyl (C=O) groups excluding carboxylic acids is 2. The van der Waals surface area contributed by atoms with E-state index in [1.54, 1.807) is 43.4 Å². The molecule has 1 atom stereocenters. The van der Waals surface area contributed by atoms with Crippen molar-refractivity contribution in [3.05, 3.63) is 105 Å². The number of hydrogen-bond acceptors (Lipinski definition) is 3. The van der Waals surface area contributed by atoms with E-state index < -0.39 is 6.04 Å². The molecule has 0 aliphatic rings. The fourth-order valence-corrected chi connectivity index (χ4v) is 4.93. The summed E-state index contributed by atoms with van der Waals surface area (Å²) in [5.41, 5.74) is 2.01.